The number of piperazine rings is 1. The summed E-state index contributed by atoms with van der Waals surface area (Å²) in [5.74, 6) is -0.107. The fourth-order valence-electron chi connectivity index (χ4n) is 2.95. The van der Waals surface area contributed by atoms with Gasteiger partial charge in [0.2, 0.25) is 5.91 Å². The van der Waals surface area contributed by atoms with Gasteiger partial charge in [-0.05, 0) is 12.8 Å². The van der Waals surface area contributed by atoms with Crippen LogP contribution in [0.4, 0.5) is 0 Å². The molecule has 1 amide bonds. The van der Waals surface area contributed by atoms with Crippen molar-refractivity contribution in [2.45, 2.75) is 37.6 Å². The minimum atomic E-state index is -0.319. The van der Waals surface area contributed by atoms with Crippen molar-refractivity contribution in [1.29, 1.82) is 0 Å². The van der Waals surface area contributed by atoms with Crippen LogP contribution < -0.4 is 11.1 Å². The van der Waals surface area contributed by atoms with Crippen LogP contribution in [0.5, 0.6) is 0 Å². The first-order valence-corrected chi connectivity index (χ1v) is 6.01. The van der Waals surface area contributed by atoms with Gasteiger partial charge in [-0.2, -0.15) is 0 Å². The lowest BCUT2D eigenvalue weighted by atomic mass is 9.79. The Balaban J connectivity index is 2.12. The van der Waals surface area contributed by atoms with Gasteiger partial charge in [0.15, 0.2) is 0 Å². The summed E-state index contributed by atoms with van der Waals surface area (Å²) in [6, 6.07) is 0. The molecule has 4 nitrogen and oxygen atoms in total. The highest BCUT2D eigenvalue weighted by molar-refractivity contribution is 5.84. The molecule has 2 rings (SSSR count). The molecule has 1 aliphatic heterocycles. The van der Waals surface area contributed by atoms with E-state index in [4.69, 9.17) is 5.73 Å². The first kappa shape index (κ1) is 10.9. The Morgan fingerprint density at radius 3 is 2.27 bits per heavy atom. The highest BCUT2D eigenvalue weighted by Gasteiger charge is 2.43. The van der Waals surface area contributed by atoms with Crippen molar-refractivity contribution >= 4 is 5.91 Å². The maximum atomic E-state index is 11.7. The van der Waals surface area contributed by atoms with Gasteiger partial charge in [0, 0.05) is 26.2 Å². The van der Waals surface area contributed by atoms with Crippen molar-refractivity contribution < 1.29 is 4.79 Å². The average Bonchev–Trinajstić information content (AvgIpc) is 2.31. The molecule has 1 saturated carbocycles. The number of primary amides is 1. The molecule has 0 radical (unpaired) electrons. The molecule has 0 bridgehead atoms. The summed E-state index contributed by atoms with van der Waals surface area (Å²) >= 11 is 0. The lowest BCUT2D eigenvalue weighted by molar-refractivity contribution is -0.133. The van der Waals surface area contributed by atoms with E-state index in [-0.39, 0.29) is 11.4 Å². The monoisotopic (exact) mass is 211 g/mol. The molecule has 1 saturated heterocycles. The summed E-state index contributed by atoms with van der Waals surface area (Å²) in [6.07, 6.45) is 5.46. The van der Waals surface area contributed by atoms with Gasteiger partial charge in [0.05, 0.1) is 0 Å². The van der Waals surface area contributed by atoms with Crippen molar-refractivity contribution in [2.24, 2.45) is 5.73 Å². The van der Waals surface area contributed by atoms with Crippen molar-refractivity contribution in [3.8, 4) is 0 Å². The smallest absolute Gasteiger partial charge is 0.237 e. The summed E-state index contributed by atoms with van der Waals surface area (Å²) in [7, 11) is 0. The minimum Gasteiger partial charge on any atom is -0.368 e. The summed E-state index contributed by atoms with van der Waals surface area (Å²) in [6.45, 7) is 3.88. The van der Waals surface area contributed by atoms with Crippen molar-refractivity contribution in [2.75, 3.05) is 26.2 Å². The predicted octanol–water partition coefficient (Wildman–Crippen LogP) is 0.0798. The molecular weight excluding hydrogens is 190 g/mol. The second kappa shape index (κ2) is 4.49. The van der Waals surface area contributed by atoms with Crippen LogP contribution in [0.3, 0.4) is 0 Å². The predicted molar refractivity (Wildman–Crippen MR) is 59.5 cm³/mol. The van der Waals surface area contributed by atoms with Crippen molar-refractivity contribution in [1.82, 2.24) is 10.2 Å². The number of hydrogen-bond acceptors (Lipinski definition) is 3. The van der Waals surface area contributed by atoms with E-state index in [9.17, 15) is 4.79 Å². The van der Waals surface area contributed by atoms with E-state index in [1.807, 2.05) is 0 Å². The van der Waals surface area contributed by atoms with Gasteiger partial charge in [-0.25, -0.2) is 0 Å². The van der Waals surface area contributed by atoms with Crippen LogP contribution in [0.25, 0.3) is 0 Å². The third kappa shape index (κ3) is 2.01. The van der Waals surface area contributed by atoms with Crippen LogP contribution in [-0.4, -0.2) is 42.5 Å². The van der Waals surface area contributed by atoms with Crippen molar-refractivity contribution in [3.63, 3.8) is 0 Å². The van der Waals surface area contributed by atoms with E-state index >= 15 is 0 Å². The van der Waals surface area contributed by atoms with Crippen LogP contribution in [0.1, 0.15) is 32.1 Å². The second-order valence-electron chi connectivity index (χ2n) is 4.69. The van der Waals surface area contributed by atoms with Crippen LogP contribution in [-0.2, 0) is 4.79 Å². The number of hydrogen-bond donors (Lipinski definition) is 2. The Kier molecular flexibility index (Phi) is 3.26. The van der Waals surface area contributed by atoms with E-state index in [1.54, 1.807) is 0 Å². The molecule has 86 valence electrons. The van der Waals surface area contributed by atoms with E-state index in [0.29, 0.717) is 0 Å². The maximum Gasteiger partial charge on any atom is 0.237 e. The van der Waals surface area contributed by atoms with Crippen LogP contribution in [0.2, 0.25) is 0 Å². The van der Waals surface area contributed by atoms with Crippen LogP contribution >= 0.6 is 0 Å². The highest BCUT2D eigenvalue weighted by Crippen LogP contribution is 2.33. The lowest BCUT2D eigenvalue weighted by Gasteiger charge is -2.45. The summed E-state index contributed by atoms with van der Waals surface area (Å²) < 4.78 is 0. The number of carbonyl (C=O) groups is 1. The van der Waals surface area contributed by atoms with Gasteiger partial charge < -0.3 is 11.1 Å². The number of nitrogens with one attached hydrogen (secondary N) is 1. The lowest BCUT2D eigenvalue weighted by Crippen LogP contribution is -2.62. The Bertz CT molecular complexity index is 230. The molecule has 1 aliphatic carbocycles. The number of nitrogens with zero attached hydrogens (tertiary/aromatic N) is 1. The molecule has 0 aromatic carbocycles. The van der Waals surface area contributed by atoms with Crippen LogP contribution in [0.15, 0.2) is 0 Å². The quantitative estimate of drug-likeness (QED) is 0.680. The van der Waals surface area contributed by atoms with Gasteiger partial charge in [-0.15, -0.1) is 0 Å². The van der Waals surface area contributed by atoms with E-state index in [0.717, 1.165) is 51.9 Å². The molecule has 3 N–H and O–H groups in total. The Morgan fingerprint density at radius 1 is 1.13 bits per heavy atom. The average molecular weight is 211 g/mol. The molecule has 0 unspecified atom stereocenters. The normalized spacial score (nSPS) is 27.5. The van der Waals surface area contributed by atoms with Gasteiger partial charge in [0.25, 0.3) is 0 Å². The maximum absolute atomic E-state index is 11.7. The van der Waals surface area contributed by atoms with Gasteiger partial charge in [-0.3, -0.25) is 9.69 Å². The zero-order valence-electron chi connectivity index (χ0n) is 9.30. The zero-order chi connectivity index (χ0) is 10.7. The van der Waals surface area contributed by atoms with E-state index in [1.165, 1.54) is 6.42 Å². The van der Waals surface area contributed by atoms with Crippen molar-refractivity contribution in [3.05, 3.63) is 0 Å². The van der Waals surface area contributed by atoms with E-state index in [2.05, 4.69) is 10.2 Å². The molecule has 1 heterocycles. The molecule has 0 spiro atoms. The largest absolute Gasteiger partial charge is 0.368 e. The van der Waals surface area contributed by atoms with Crippen LogP contribution in [0, 0.1) is 0 Å². The standard InChI is InChI=1S/C11H21N3O/c12-10(15)11(4-2-1-3-5-11)14-8-6-13-7-9-14/h13H,1-9H2,(H2,12,15). The van der Waals surface area contributed by atoms with Gasteiger partial charge in [-0.1, -0.05) is 19.3 Å². The zero-order valence-corrected chi connectivity index (χ0v) is 9.30. The SMILES string of the molecule is NC(=O)C1(N2CCNCC2)CCCCC1. The molecule has 2 fully saturated rings. The first-order chi connectivity index (χ1) is 7.26. The number of nitrogens with two attached hydrogens (primary N) is 1. The Morgan fingerprint density at radius 2 is 1.73 bits per heavy atom. The summed E-state index contributed by atoms with van der Waals surface area (Å²) in [4.78, 5) is 14.0. The Hall–Kier alpha value is -0.610. The second-order valence-corrected chi connectivity index (χ2v) is 4.69. The molecular formula is C11H21N3O. The molecule has 0 aromatic heterocycles. The first-order valence-electron chi connectivity index (χ1n) is 6.01. The molecule has 4 heteroatoms. The third-order valence-corrected chi connectivity index (χ3v) is 3.86. The summed E-state index contributed by atoms with van der Waals surface area (Å²) in [5.41, 5.74) is 5.31. The molecule has 15 heavy (non-hydrogen) atoms. The van der Waals surface area contributed by atoms with Gasteiger partial charge >= 0.3 is 0 Å². The highest BCUT2D eigenvalue weighted by atomic mass is 16.1. The molecule has 0 atom stereocenters. The number of carbonyl (C=O) groups excluding carboxylic acids is 1. The summed E-state index contributed by atoms with van der Waals surface area (Å²) in [5, 5.41) is 3.32. The fourth-order valence-corrected chi connectivity index (χ4v) is 2.95. The topological polar surface area (TPSA) is 58.4 Å². The third-order valence-electron chi connectivity index (χ3n) is 3.86. The number of amides is 1. The van der Waals surface area contributed by atoms with E-state index < -0.39 is 0 Å². The fraction of sp³-hybridized carbons (Fsp3) is 0.909. The molecule has 0 aromatic rings. The Labute approximate surface area is 91.2 Å². The minimum absolute atomic E-state index is 0.107. The van der Waals surface area contributed by atoms with Gasteiger partial charge in [0.1, 0.15) is 5.54 Å². The number of rotatable bonds is 2. The molecule has 2 aliphatic rings.